The van der Waals surface area contributed by atoms with Crippen LogP contribution in [0.1, 0.15) is 25.0 Å². The number of hydrogen-bond acceptors (Lipinski definition) is 8. The average Bonchev–Trinajstić information content (AvgIpc) is 3.88. The Hall–Kier alpha value is -4.08. The second-order valence-corrected chi connectivity index (χ2v) is 13.5. The van der Waals surface area contributed by atoms with E-state index in [9.17, 15) is 0 Å². The molecule has 4 aliphatic rings. The van der Waals surface area contributed by atoms with Crippen LogP contribution in [0.2, 0.25) is 0 Å². The van der Waals surface area contributed by atoms with Gasteiger partial charge in [-0.3, -0.25) is 0 Å². The zero-order valence-corrected chi connectivity index (χ0v) is 27.0. The van der Waals surface area contributed by atoms with Crippen molar-refractivity contribution < 1.29 is 28.4 Å². The highest BCUT2D eigenvalue weighted by Crippen LogP contribution is 2.36. The van der Waals surface area contributed by atoms with Crippen molar-refractivity contribution >= 4 is 11.4 Å². The van der Waals surface area contributed by atoms with Gasteiger partial charge in [-0.1, -0.05) is 50.2 Å². The molecule has 8 rings (SSSR count). The molecular formula is C39H42N2O6. The molecule has 4 heterocycles. The van der Waals surface area contributed by atoms with E-state index in [0.717, 1.165) is 87.0 Å². The number of nitrogens with zero attached hydrogens (tertiary/aromatic N) is 2. The lowest BCUT2D eigenvalue weighted by molar-refractivity contribution is 0.388. The molecule has 47 heavy (non-hydrogen) atoms. The van der Waals surface area contributed by atoms with Crippen LogP contribution in [0.3, 0.4) is 0 Å². The van der Waals surface area contributed by atoms with Gasteiger partial charge < -0.3 is 38.2 Å². The Kier molecular flexibility index (Phi) is 8.27. The largest absolute Gasteiger partial charge is 0.457 e. The SMILES string of the molecule is CC(C)(c1ccc(Oc2cccc(N(CC3CO3)CC3CO3)c2)cc1)c1ccc(Oc2cccc(N(CC3CO3)CC3CO3)c2)cc1. The Balaban J connectivity index is 0.907. The number of epoxide rings is 4. The van der Waals surface area contributed by atoms with Crippen LogP contribution in [0.5, 0.6) is 23.0 Å². The second-order valence-electron chi connectivity index (χ2n) is 13.5. The molecule has 4 aliphatic heterocycles. The van der Waals surface area contributed by atoms with Gasteiger partial charge in [0.1, 0.15) is 23.0 Å². The maximum absolute atomic E-state index is 6.30. The van der Waals surface area contributed by atoms with Crippen LogP contribution in [-0.4, -0.2) is 77.0 Å². The first kappa shape index (κ1) is 30.3. The molecule has 4 aromatic rings. The average molecular weight is 635 g/mol. The Morgan fingerprint density at radius 1 is 0.511 bits per heavy atom. The molecule has 0 spiro atoms. The Morgan fingerprint density at radius 3 is 1.17 bits per heavy atom. The van der Waals surface area contributed by atoms with Crippen LogP contribution in [-0.2, 0) is 24.4 Å². The molecule has 0 amide bonds. The minimum atomic E-state index is -0.205. The van der Waals surface area contributed by atoms with Crippen molar-refractivity contribution in [1.29, 1.82) is 0 Å². The van der Waals surface area contributed by atoms with Gasteiger partial charge in [-0.2, -0.15) is 0 Å². The van der Waals surface area contributed by atoms with Crippen LogP contribution in [0.15, 0.2) is 97.1 Å². The molecule has 4 unspecified atom stereocenters. The summed E-state index contributed by atoms with van der Waals surface area (Å²) in [5.74, 6) is 3.25. The van der Waals surface area contributed by atoms with Gasteiger partial charge in [0.05, 0.1) is 50.8 Å². The van der Waals surface area contributed by atoms with E-state index in [1.807, 2.05) is 24.3 Å². The van der Waals surface area contributed by atoms with Crippen LogP contribution in [0.25, 0.3) is 0 Å². The number of hydrogen-bond donors (Lipinski definition) is 0. The second kappa shape index (κ2) is 12.8. The smallest absolute Gasteiger partial charge is 0.129 e. The summed E-state index contributed by atoms with van der Waals surface area (Å²) in [5.41, 5.74) is 4.46. The summed E-state index contributed by atoms with van der Waals surface area (Å²) in [6, 6.07) is 33.4. The normalized spacial score (nSPS) is 22.3. The summed E-state index contributed by atoms with van der Waals surface area (Å²) in [6.07, 6.45) is 1.25. The van der Waals surface area contributed by atoms with Crippen molar-refractivity contribution in [2.75, 3.05) is 62.4 Å². The van der Waals surface area contributed by atoms with E-state index < -0.39 is 0 Å². The molecule has 8 heteroatoms. The van der Waals surface area contributed by atoms with E-state index in [2.05, 4.69) is 96.4 Å². The third-order valence-corrected chi connectivity index (χ3v) is 9.29. The van der Waals surface area contributed by atoms with Gasteiger partial charge in [0.2, 0.25) is 0 Å². The third kappa shape index (κ3) is 7.91. The Bertz CT molecular complexity index is 1510. The van der Waals surface area contributed by atoms with Crippen molar-refractivity contribution in [2.24, 2.45) is 0 Å². The Morgan fingerprint density at radius 2 is 0.851 bits per heavy atom. The molecule has 4 atom stereocenters. The van der Waals surface area contributed by atoms with Crippen molar-refractivity contribution in [1.82, 2.24) is 0 Å². The molecule has 0 N–H and O–H groups in total. The lowest BCUT2D eigenvalue weighted by atomic mass is 9.78. The lowest BCUT2D eigenvalue weighted by Crippen LogP contribution is -2.31. The fourth-order valence-electron chi connectivity index (χ4n) is 6.05. The van der Waals surface area contributed by atoms with E-state index in [-0.39, 0.29) is 5.41 Å². The van der Waals surface area contributed by atoms with Crippen molar-refractivity contribution in [2.45, 2.75) is 43.7 Å². The maximum Gasteiger partial charge on any atom is 0.129 e. The molecule has 0 aliphatic carbocycles. The molecule has 4 saturated heterocycles. The summed E-state index contributed by atoms with van der Waals surface area (Å²) in [4.78, 5) is 4.68. The molecule has 0 aromatic heterocycles. The fourth-order valence-corrected chi connectivity index (χ4v) is 6.05. The van der Waals surface area contributed by atoms with Crippen molar-refractivity contribution in [3.05, 3.63) is 108 Å². The minimum Gasteiger partial charge on any atom is -0.457 e. The molecule has 0 saturated carbocycles. The fraction of sp³-hybridized carbons (Fsp3) is 0.385. The minimum absolute atomic E-state index is 0.205. The van der Waals surface area contributed by atoms with Crippen LogP contribution in [0.4, 0.5) is 11.4 Å². The molecule has 244 valence electrons. The van der Waals surface area contributed by atoms with Crippen LogP contribution in [0, 0.1) is 0 Å². The highest BCUT2D eigenvalue weighted by Gasteiger charge is 2.32. The zero-order valence-electron chi connectivity index (χ0n) is 27.0. The van der Waals surface area contributed by atoms with E-state index >= 15 is 0 Å². The van der Waals surface area contributed by atoms with Crippen molar-refractivity contribution in [3.8, 4) is 23.0 Å². The number of rotatable bonds is 16. The standard InChI is InChI=1S/C39H42N2O6/c1-39(2,27-9-13-31(14-10-27)46-33-7-3-5-29(17-33)40(19-35-23-42-35)20-36-24-43-36)28-11-15-32(16-12-28)47-34-8-4-6-30(18-34)41(21-37-25-44-37)22-38-26-45-38/h3-18,35-38H,19-26H2,1-2H3. The number of anilines is 2. The lowest BCUT2D eigenvalue weighted by Gasteiger charge is -2.27. The van der Waals surface area contributed by atoms with Gasteiger partial charge in [-0.05, 0) is 59.7 Å². The Labute approximate surface area is 276 Å². The van der Waals surface area contributed by atoms with Gasteiger partial charge in [0.15, 0.2) is 0 Å². The maximum atomic E-state index is 6.30. The first-order valence-electron chi connectivity index (χ1n) is 16.7. The van der Waals surface area contributed by atoms with Crippen LogP contribution >= 0.6 is 0 Å². The number of benzene rings is 4. The quantitative estimate of drug-likeness (QED) is 0.125. The highest BCUT2D eigenvalue weighted by molar-refractivity contribution is 5.54. The molecule has 4 fully saturated rings. The topological polar surface area (TPSA) is 75.1 Å². The van der Waals surface area contributed by atoms with E-state index in [1.54, 1.807) is 0 Å². The zero-order chi connectivity index (χ0) is 31.8. The van der Waals surface area contributed by atoms with Gasteiger partial charge >= 0.3 is 0 Å². The van der Waals surface area contributed by atoms with Gasteiger partial charge in [0.25, 0.3) is 0 Å². The van der Waals surface area contributed by atoms with E-state index in [1.165, 1.54) is 11.1 Å². The summed E-state index contributed by atoms with van der Waals surface area (Å²) in [7, 11) is 0. The van der Waals surface area contributed by atoms with E-state index in [4.69, 9.17) is 28.4 Å². The first-order valence-corrected chi connectivity index (χ1v) is 16.7. The van der Waals surface area contributed by atoms with Gasteiger partial charge in [-0.15, -0.1) is 0 Å². The first-order chi connectivity index (χ1) is 22.9. The molecule has 8 nitrogen and oxygen atoms in total. The highest BCUT2D eigenvalue weighted by atomic mass is 16.6. The molecule has 0 bridgehead atoms. The summed E-state index contributed by atoms with van der Waals surface area (Å²) >= 11 is 0. The van der Waals surface area contributed by atoms with Gasteiger partial charge in [0, 0.05) is 55.1 Å². The molecular weight excluding hydrogens is 592 g/mol. The van der Waals surface area contributed by atoms with Gasteiger partial charge in [-0.25, -0.2) is 0 Å². The summed E-state index contributed by atoms with van der Waals surface area (Å²) in [6.45, 7) is 11.3. The summed E-state index contributed by atoms with van der Waals surface area (Å²) < 4.78 is 34.6. The monoisotopic (exact) mass is 634 g/mol. The number of ether oxygens (including phenoxy) is 6. The summed E-state index contributed by atoms with van der Waals surface area (Å²) in [5, 5.41) is 0. The van der Waals surface area contributed by atoms with Crippen molar-refractivity contribution in [3.63, 3.8) is 0 Å². The predicted molar refractivity (Wildman–Crippen MR) is 181 cm³/mol. The van der Waals surface area contributed by atoms with E-state index in [0.29, 0.717) is 24.4 Å². The third-order valence-electron chi connectivity index (χ3n) is 9.29. The molecule has 0 radical (unpaired) electrons. The van der Waals surface area contributed by atoms with Crippen LogP contribution < -0.4 is 19.3 Å². The molecule has 4 aromatic carbocycles. The predicted octanol–water partition coefficient (Wildman–Crippen LogP) is 6.81.